The maximum Gasteiger partial charge on any atom is 0.264 e. The summed E-state index contributed by atoms with van der Waals surface area (Å²) in [4.78, 5) is 5.44. The maximum atomic E-state index is 2.73. The molecule has 1 aliphatic carbocycles. The molecule has 0 fully saturated rings. The lowest BCUT2D eigenvalue weighted by Gasteiger charge is -2.46. The first kappa shape index (κ1) is 52.4. The summed E-state index contributed by atoms with van der Waals surface area (Å²) in [6.07, 6.45) is 2.36. The highest BCUT2D eigenvalue weighted by Crippen LogP contribution is 2.54. The van der Waals surface area contributed by atoms with E-state index in [0.717, 1.165) is 0 Å². The zero-order valence-corrected chi connectivity index (χ0v) is 50.4. The summed E-state index contributed by atoms with van der Waals surface area (Å²) in [7, 11) is 0. The molecule has 0 N–H and O–H groups in total. The molecule has 0 bridgehead atoms. The Hall–Kier alpha value is -5.06. The summed E-state index contributed by atoms with van der Waals surface area (Å²) in [5, 5.41) is 1.34. The third kappa shape index (κ3) is 8.79. The second-order valence-electron chi connectivity index (χ2n) is 30.4. The van der Waals surface area contributed by atoms with Crippen molar-refractivity contribution in [1.29, 1.82) is 0 Å². The van der Waals surface area contributed by atoms with Crippen LogP contribution in [-0.2, 0) is 43.3 Å². The van der Waals surface area contributed by atoms with Gasteiger partial charge in [-0.25, -0.2) is 0 Å². The van der Waals surface area contributed by atoms with Crippen molar-refractivity contribution in [2.24, 2.45) is 0 Å². The summed E-state index contributed by atoms with van der Waals surface area (Å²) in [6.45, 7) is 52.6. The van der Waals surface area contributed by atoms with Gasteiger partial charge < -0.3 is 9.80 Å². The first-order valence-electron chi connectivity index (χ1n) is 27.9. The number of benzene rings is 6. The summed E-state index contributed by atoms with van der Waals surface area (Å²) in [5.74, 6) is 0. The molecule has 3 heterocycles. The van der Waals surface area contributed by atoms with E-state index in [4.69, 9.17) is 0 Å². The Kier molecular flexibility index (Phi) is 11.8. The molecule has 2 nitrogen and oxygen atoms in total. The van der Waals surface area contributed by atoms with Gasteiger partial charge in [-0.05, 0) is 166 Å². The van der Waals surface area contributed by atoms with Crippen molar-refractivity contribution >= 4 is 78.0 Å². The zero-order chi connectivity index (χ0) is 54.0. The normalized spacial score (nSPS) is 16.5. The average Bonchev–Trinajstić information content (AvgIpc) is 3.66. The van der Waals surface area contributed by atoms with Gasteiger partial charge in [0.15, 0.2) is 0 Å². The Bertz CT molecular complexity index is 3370. The highest BCUT2D eigenvalue weighted by Gasteiger charge is 2.48. The summed E-state index contributed by atoms with van der Waals surface area (Å²) >= 11 is 2.03. The molecule has 6 aromatic carbocycles. The summed E-state index contributed by atoms with van der Waals surface area (Å²) in [5.41, 5.74) is 24.0. The highest BCUT2D eigenvalue weighted by molar-refractivity contribution is 7.33. The molecule has 2 aliphatic heterocycles. The third-order valence-electron chi connectivity index (χ3n) is 17.4. The van der Waals surface area contributed by atoms with Crippen molar-refractivity contribution in [2.45, 2.75) is 208 Å². The number of hydrogen-bond acceptors (Lipinski definition) is 3. The molecular weight excluding hydrogens is 912 g/mol. The predicted octanol–water partition coefficient (Wildman–Crippen LogP) is 18.8. The lowest BCUT2D eigenvalue weighted by atomic mass is 9.36. The van der Waals surface area contributed by atoms with Crippen LogP contribution in [0.2, 0.25) is 0 Å². The van der Waals surface area contributed by atoms with E-state index >= 15 is 0 Å². The smallest absolute Gasteiger partial charge is 0.264 e. The minimum atomic E-state index is -0.142. The van der Waals surface area contributed by atoms with Crippen LogP contribution in [-0.4, -0.2) is 6.71 Å². The lowest BCUT2D eigenvalue weighted by Crippen LogP contribution is -2.60. The van der Waals surface area contributed by atoms with Crippen molar-refractivity contribution in [2.75, 3.05) is 9.80 Å². The van der Waals surface area contributed by atoms with Gasteiger partial charge in [0.25, 0.3) is 6.71 Å². The Morgan fingerprint density at radius 1 is 0.419 bits per heavy atom. The number of thiophene rings is 1. The SMILES string of the molecule is CC(C)(C)c1cc(-c2cc(C(C)(C)C)ccc2N2c3ccc(C(C)(C)C)cc3B3c4sc5cc(C(C)(C)C)ccc5c4N(c4ccc5c(c4)C(C)(C)CCC5(C)C)c4cc(C(C)(C)C)cc2c43)cc(C(C)(C)C)c1. The Labute approximate surface area is 452 Å². The Morgan fingerprint density at radius 2 is 0.892 bits per heavy atom. The zero-order valence-electron chi connectivity index (χ0n) is 49.6. The number of fused-ring (bicyclic) bond motifs is 7. The first-order valence-corrected chi connectivity index (χ1v) is 28.7. The minimum absolute atomic E-state index is 0.0197. The quantitative estimate of drug-likeness (QED) is 0.163. The van der Waals surface area contributed by atoms with Crippen LogP contribution in [0.25, 0.3) is 21.2 Å². The largest absolute Gasteiger partial charge is 0.311 e. The topological polar surface area (TPSA) is 6.48 Å². The predicted molar refractivity (Wildman–Crippen MR) is 329 cm³/mol. The summed E-state index contributed by atoms with van der Waals surface area (Å²) in [6, 6.07) is 42.6. The van der Waals surface area contributed by atoms with Crippen molar-refractivity contribution in [3.05, 3.63) is 148 Å². The van der Waals surface area contributed by atoms with E-state index < -0.39 is 0 Å². The fraction of sp³-hybridized carbons (Fsp3) is 0.457. The number of hydrogen-bond donors (Lipinski definition) is 0. The van der Waals surface area contributed by atoms with Crippen LogP contribution in [0.3, 0.4) is 0 Å². The first-order chi connectivity index (χ1) is 33.9. The average molecular weight is 999 g/mol. The number of rotatable bonds is 3. The van der Waals surface area contributed by atoms with Crippen molar-refractivity contribution in [3.63, 3.8) is 0 Å². The molecule has 0 saturated heterocycles. The molecule has 0 amide bonds. The van der Waals surface area contributed by atoms with Crippen LogP contribution in [0, 0.1) is 0 Å². The van der Waals surface area contributed by atoms with Crippen molar-refractivity contribution < 1.29 is 0 Å². The molecule has 0 saturated carbocycles. The van der Waals surface area contributed by atoms with Crippen molar-refractivity contribution in [3.8, 4) is 11.1 Å². The van der Waals surface area contributed by atoms with Gasteiger partial charge >= 0.3 is 0 Å². The maximum absolute atomic E-state index is 2.73. The molecule has 0 spiro atoms. The second kappa shape index (κ2) is 16.7. The molecular formula is C70H87BN2S. The molecule has 1 aromatic heterocycles. The van der Waals surface area contributed by atoms with E-state index in [1.807, 2.05) is 11.3 Å². The monoisotopic (exact) mass is 999 g/mol. The van der Waals surface area contributed by atoms with Crippen LogP contribution in [0.1, 0.15) is 210 Å². The molecule has 0 unspecified atom stereocenters. The molecule has 4 heteroatoms. The van der Waals surface area contributed by atoms with Gasteiger partial charge in [-0.3, -0.25) is 0 Å². The van der Waals surface area contributed by atoms with E-state index in [1.54, 1.807) is 0 Å². The third-order valence-corrected chi connectivity index (χ3v) is 18.6. The molecule has 7 aromatic rings. The highest BCUT2D eigenvalue weighted by atomic mass is 32.1. The Morgan fingerprint density at radius 3 is 1.45 bits per heavy atom. The van der Waals surface area contributed by atoms with Crippen LogP contribution >= 0.6 is 11.3 Å². The standard InChI is InChI=1S/C70H87BN2S/c1-63(2,3)43-24-29-55(51(36-43)42-33-46(66(10,11)12)35-47(34-42)67(13,14)15)73-56-30-25-44(64(4,5)6)37-54(56)71-60-57(38-48(39-58(60)73)68(16,17)18)72(49-26-28-52-53(41-49)70(21,22)32-31-69(52,19)20)61-50-27-23-45(65(7,8)9)40-59(50)74-62(61)71/h23-30,33-41H,31-32H2,1-22H3. The number of nitrogens with zero attached hydrogens (tertiary/aromatic N) is 2. The molecule has 0 radical (unpaired) electrons. The van der Waals surface area contributed by atoms with Gasteiger partial charge in [0.1, 0.15) is 0 Å². The van der Waals surface area contributed by atoms with E-state index in [1.165, 1.54) is 128 Å². The fourth-order valence-corrected chi connectivity index (χ4v) is 13.5. The van der Waals surface area contributed by atoms with Gasteiger partial charge in [0.2, 0.25) is 0 Å². The van der Waals surface area contributed by atoms with Crippen LogP contribution in [0.4, 0.5) is 34.1 Å². The second-order valence-corrected chi connectivity index (χ2v) is 31.4. The van der Waals surface area contributed by atoms with Crippen molar-refractivity contribution in [1.82, 2.24) is 0 Å². The van der Waals surface area contributed by atoms with Crippen LogP contribution in [0.15, 0.2) is 103 Å². The molecule has 10 rings (SSSR count). The van der Waals surface area contributed by atoms with Gasteiger partial charge in [-0.2, -0.15) is 0 Å². The molecule has 3 aliphatic rings. The van der Waals surface area contributed by atoms with E-state index in [2.05, 4.69) is 265 Å². The fourth-order valence-electron chi connectivity index (χ4n) is 12.2. The lowest BCUT2D eigenvalue weighted by molar-refractivity contribution is 0.332. The van der Waals surface area contributed by atoms with E-state index in [9.17, 15) is 0 Å². The summed E-state index contributed by atoms with van der Waals surface area (Å²) < 4.78 is 2.80. The van der Waals surface area contributed by atoms with Gasteiger partial charge in [0.05, 0.1) is 11.4 Å². The van der Waals surface area contributed by atoms with Gasteiger partial charge in [-0.15, -0.1) is 11.3 Å². The van der Waals surface area contributed by atoms with E-state index in [0.29, 0.717) is 0 Å². The molecule has 74 heavy (non-hydrogen) atoms. The van der Waals surface area contributed by atoms with Crippen LogP contribution < -0.4 is 25.5 Å². The minimum Gasteiger partial charge on any atom is -0.311 e. The molecule has 0 atom stereocenters. The Balaban J connectivity index is 1.38. The van der Waals surface area contributed by atoms with Gasteiger partial charge in [-0.1, -0.05) is 207 Å². The van der Waals surface area contributed by atoms with Crippen LogP contribution in [0.5, 0.6) is 0 Å². The van der Waals surface area contributed by atoms with E-state index in [-0.39, 0.29) is 50.0 Å². The number of anilines is 6. The molecule has 386 valence electrons. The van der Waals surface area contributed by atoms with Gasteiger partial charge in [0, 0.05) is 43.2 Å².